The number of halogens is 2. The van der Waals surface area contributed by atoms with Crippen LogP contribution in [0.4, 0.5) is 4.39 Å². The summed E-state index contributed by atoms with van der Waals surface area (Å²) < 4.78 is 139. The fraction of sp³-hybridized carbons (Fsp3) is 0.526. The summed E-state index contributed by atoms with van der Waals surface area (Å²) in [6, 6.07) is 24.7. The van der Waals surface area contributed by atoms with Crippen LogP contribution in [0.1, 0.15) is 28.8 Å². The number of carbonyl (C=O) groups is 2. The first-order valence-corrected chi connectivity index (χ1v) is 41.9. The third-order valence-electron chi connectivity index (χ3n) is 16.9. The number of azide groups is 1. The molecule has 4 aromatic carbocycles. The van der Waals surface area contributed by atoms with E-state index in [1.165, 1.54) is 36.0 Å². The molecule has 0 aliphatic carbocycles. The van der Waals surface area contributed by atoms with Crippen LogP contribution in [0.5, 0.6) is 17.4 Å². The number of benzene rings is 4. The molecule has 2 unspecified atom stereocenters. The number of hydrogen-bond acceptors (Lipinski definition) is 30. The number of amides is 1. The van der Waals surface area contributed by atoms with Crippen molar-refractivity contribution in [1.29, 1.82) is 0 Å². The minimum absolute atomic E-state index is 0.000172. The molecule has 1 amide bonds. The number of fused-ring (bicyclic) bond motifs is 1. The zero-order valence-electron chi connectivity index (χ0n) is 65.0. The highest BCUT2D eigenvalue weighted by Gasteiger charge is 2.36. The van der Waals surface area contributed by atoms with E-state index >= 15 is 0 Å². The molecular formula is C76H102ClFN10O25P2S. The molecule has 40 heteroatoms. The number of hydrogen-bond donors (Lipinski definition) is 4. The summed E-state index contributed by atoms with van der Waals surface area (Å²) in [5.41, 5.74) is 12.6. The standard InChI is InChI=1S/C76H102ClFN10O25P2S/c1-57-64(14-15-66(71(57)77)108-29-25-88-23-21-87(2)22-24-88)69-70-74(82-56-83-75(70)116-72(69)59-10-12-62(78)13-11-59)112-67(76(90)91)53-60-7-3-4-9-65(60)109-55-63-16-18-81-73(85-63)61-8-5-6-58(52-61)54-111-115(94,95)113-114(92,93)110-28-19-80-68(89)17-26-96-30-32-98-34-36-100-38-40-102-42-44-104-46-48-106-50-51-107-49-47-105-45-43-103-41-39-101-37-35-99-33-31-97-27-20-84-86-79/h3-16,18,52,56,67H,17,19-51,53-55H2,1-2H3,(H,80,89)(H,90,91)(H,92,93)(H,94,95)/t67-/m1/s1. The SMILES string of the molecule is Cc1c(-c2c(-c3ccc(F)cc3)sc3ncnc(O[C@H](Cc4ccccc4OCc4ccnc(-c5cccc(COP(=O)(O)OP(=O)(O)OCCNC(=O)CCOCCOCCOCCOCCOCCOCCOCCOCCOCCOCCOCCOCCN=[N+]=[N-])c5)n4)C(=O)O)c23)ccc(OCCN2CCN(C)CC2)c1Cl. The Bertz CT molecular complexity index is 4200. The smallest absolute Gasteiger partial charge is 0.481 e. The van der Waals surface area contributed by atoms with Gasteiger partial charge in [-0.25, -0.2) is 38.3 Å². The lowest BCUT2D eigenvalue weighted by atomic mass is 9.96. The molecule has 7 aromatic rings. The van der Waals surface area contributed by atoms with Crippen LogP contribution in [0.2, 0.25) is 5.02 Å². The number of nitrogens with zero attached hydrogens (tertiary/aromatic N) is 9. The molecule has 1 aliphatic heterocycles. The van der Waals surface area contributed by atoms with Gasteiger partial charge >= 0.3 is 21.6 Å². The normalized spacial score (nSPS) is 13.9. The number of likely N-dealkylation sites (N-methyl/N-ethyl adjacent to an activating group) is 1. The van der Waals surface area contributed by atoms with Crippen molar-refractivity contribution < 1.29 is 122 Å². The minimum Gasteiger partial charge on any atom is -0.491 e. The predicted molar refractivity (Wildman–Crippen MR) is 424 cm³/mol. The number of carboxylic acids is 1. The molecular weight excluding hydrogens is 1600 g/mol. The number of piperazine rings is 1. The van der Waals surface area contributed by atoms with E-state index < -0.39 is 52.7 Å². The van der Waals surface area contributed by atoms with Gasteiger partial charge in [0.2, 0.25) is 17.9 Å². The van der Waals surface area contributed by atoms with Crippen LogP contribution in [-0.4, -0.2) is 287 Å². The average Bonchev–Trinajstić information content (AvgIpc) is 1.59. The summed E-state index contributed by atoms with van der Waals surface area (Å²) >= 11 is 8.41. The Morgan fingerprint density at radius 2 is 1.21 bits per heavy atom. The maximum atomic E-state index is 14.4. The Morgan fingerprint density at radius 3 is 1.79 bits per heavy atom. The van der Waals surface area contributed by atoms with Crippen molar-refractivity contribution in [2.75, 3.05) is 225 Å². The molecule has 3 atom stereocenters. The second-order valence-corrected chi connectivity index (χ2v) is 29.8. The largest absolute Gasteiger partial charge is 0.491 e. The Morgan fingerprint density at radius 1 is 0.638 bits per heavy atom. The van der Waals surface area contributed by atoms with Crippen molar-refractivity contribution in [3.8, 4) is 50.3 Å². The first-order chi connectivity index (χ1) is 56.5. The van der Waals surface area contributed by atoms with Gasteiger partial charge in [-0.3, -0.25) is 18.7 Å². The molecule has 3 aromatic heterocycles. The highest BCUT2D eigenvalue weighted by Crippen LogP contribution is 2.60. The van der Waals surface area contributed by atoms with Gasteiger partial charge in [0.05, 0.1) is 188 Å². The van der Waals surface area contributed by atoms with Crippen LogP contribution in [0.15, 0.2) is 109 Å². The van der Waals surface area contributed by atoms with E-state index in [-0.39, 0.29) is 57.5 Å². The number of phosphoric acid groups is 2. The number of nitrogens with one attached hydrogen (secondary N) is 1. The highest BCUT2D eigenvalue weighted by atomic mass is 35.5. The second kappa shape index (κ2) is 53.9. The summed E-state index contributed by atoms with van der Waals surface area (Å²) in [5.74, 6) is -1.06. The van der Waals surface area contributed by atoms with Crippen LogP contribution < -0.4 is 19.5 Å². The van der Waals surface area contributed by atoms with Gasteiger partial charge in [0.1, 0.15) is 41.7 Å². The molecule has 35 nitrogen and oxygen atoms in total. The molecule has 1 fully saturated rings. The first kappa shape index (κ1) is 94.1. The Hall–Kier alpha value is -7.43. The molecule has 8 rings (SSSR count). The van der Waals surface area contributed by atoms with Crippen LogP contribution in [-0.2, 0) is 109 Å². The lowest BCUT2D eigenvalue weighted by Crippen LogP contribution is -2.45. The fourth-order valence-electron chi connectivity index (χ4n) is 11.0. The van der Waals surface area contributed by atoms with Crippen LogP contribution in [0, 0.1) is 12.7 Å². The molecule has 0 saturated carbocycles. The quantitative estimate of drug-likeness (QED) is 0.00905. The molecule has 0 radical (unpaired) electrons. The topological polar surface area (TPSA) is 414 Å². The number of aromatic nitrogens is 4. The lowest BCUT2D eigenvalue weighted by Gasteiger charge is -2.32. The highest BCUT2D eigenvalue weighted by molar-refractivity contribution is 7.61. The lowest BCUT2D eigenvalue weighted by molar-refractivity contribution is -0.145. The van der Waals surface area contributed by atoms with Gasteiger partial charge in [-0.15, -0.1) is 11.3 Å². The van der Waals surface area contributed by atoms with Crippen molar-refractivity contribution in [3.63, 3.8) is 0 Å². The number of carbonyl (C=O) groups excluding carboxylic acids is 1. The van der Waals surface area contributed by atoms with Gasteiger partial charge in [0.15, 0.2) is 5.82 Å². The van der Waals surface area contributed by atoms with E-state index in [0.29, 0.717) is 228 Å². The Labute approximate surface area is 681 Å². The number of ether oxygens (including phenoxy) is 15. The second-order valence-electron chi connectivity index (χ2n) is 25.4. The van der Waals surface area contributed by atoms with Crippen LogP contribution in [0.3, 0.4) is 0 Å². The van der Waals surface area contributed by atoms with Gasteiger partial charge in [-0.1, -0.05) is 71.3 Å². The van der Waals surface area contributed by atoms with E-state index in [0.717, 1.165) is 32.7 Å². The van der Waals surface area contributed by atoms with Crippen molar-refractivity contribution >= 4 is 60.7 Å². The number of carboxylic acid groups (broad SMARTS) is 1. The van der Waals surface area contributed by atoms with Gasteiger partial charge in [0.25, 0.3) is 0 Å². The number of phosphoric ester groups is 2. The monoisotopic (exact) mass is 1700 g/mol. The summed E-state index contributed by atoms with van der Waals surface area (Å²) in [6.07, 6.45) is 1.11. The van der Waals surface area contributed by atoms with Crippen molar-refractivity contribution in [1.82, 2.24) is 35.1 Å². The Kier molecular flexibility index (Phi) is 43.7. The van der Waals surface area contributed by atoms with Gasteiger partial charge in [0, 0.05) is 85.8 Å². The maximum Gasteiger partial charge on any atom is 0.481 e. The first-order valence-electron chi connectivity index (χ1n) is 37.7. The van der Waals surface area contributed by atoms with Crippen LogP contribution in [0.25, 0.3) is 53.6 Å². The van der Waals surface area contributed by atoms with Crippen molar-refractivity contribution in [2.45, 2.75) is 39.1 Å². The third kappa shape index (κ3) is 35.6. The summed E-state index contributed by atoms with van der Waals surface area (Å²) in [5, 5.41) is 17.5. The molecule has 0 spiro atoms. The predicted octanol–water partition coefficient (Wildman–Crippen LogP) is 9.63. The Balaban J connectivity index is 0.647. The number of thiophene rings is 1. The number of aliphatic carboxylic acids is 1. The molecule has 116 heavy (non-hydrogen) atoms. The number of para-hydroxylation sites is 1. The van der Waals surface area contributed by atoms with Crippen molar-refractivity contribution in [2.24, 2.45) is 5.11 Å². The van der Waals surface area contributed by atoms with E-state index in [1.807, 2.05) is 13.0 Å². The molecule has 1 aliphatic rings. The van der Waals surface area contributed by atoms with E-state index in [1.54, 1.807) is 72.8 Å². The fourth-order valence-corrected chi connectivity index (χ4v) is 14.4. The van der Waals surface area contributed by atoms with E-state index in [4.69, 9.17) is 97.2 Å². The van der Waals surface area contributed by atoms with Crippen LogP contribution >= 0.6 is 38.6 Å². The zero-order chi connectivity index (χ0) is 82.3. The summed E-state index contributed by atoms with van der Waals surface area (Å²) in [6.45, 7) is 15.1. The average molecular weight is 1700 g/mol. The van der Waals surface area contributed by atoms with Gasteiger partial charge < -0.3 is 96.2 Å². The van der Waals surface area contributed by atoms with Gasteiger partial charge in [-0.05, 0) is 83.7 Å². The zero-order valence-corrected chi connectivity index (χ0v) is 68.3. The van der Waals surface area contributed by atoms with Crippen molar-refractivity contribution in [3.05, 3.63) is 147 Å². The third-order valence-corrected chi connectivity index (χ3v) is 21.1. The molecule has 1 saturated heterocycles. The molecule has 4 N–H and O–H groups in total. The summed E-state index contributed by atoms with van der Waals surface area (Å²) in [7, 11) is -8.28. The summed E-state index contributed by atoms with van der Waals surface area (Å²) in [4.78, 5) is 72.9. The van der Waals surface area contributed by atoms with E-state index in [2.05, 4.69) is 56.4 Å². The molecule has 636 valence electrons. The molecule has 4 heterocycles. The van der Waals surface area contributed by atoms with E-state index in [9.17, 15) is 38.0 Å². The maximum absolute atomic E-state index is 14.4. The minimum atomic E-state index is -5.21. The van der Waals surface area contributed by atoms with Gasteiger partial charge in [-0.2, -0.15) is 4.31 Å². The molecule has 0 bridgehead atoms. The number of rotatable bonds is 63.